The second kappa shape index (κ2) is 2.31. The van der Waals surface area contributed by atoms with Gasteiger partial charge in [-0.15, -0.1) is 0 Å². The number of hydrogen-bond donors (Lipinski definition) is 1. The van der Waals surface area contributed by atoms with E-state index in [1.54, 1.807) is 0 Å². The Morgan fingerprint density at radius 1 is 1.29 bits per heavy atom. The third-order valence-electron chi connectivity index (χ3n) is 1.46. The molecule has 1 heteroatoms. The minimum Gasteiger partial charge on any atom is -0.317 e. The van der Waals surface area contributed by atoms with Gasteiger partial charge in [0.2, 0.25) is 0 Å². The zero-order chi connectivity index (χ0) is 5.11. The van der Waals surface area contributed by atoms with Gasteiger partial charge in [-0.25, -0.2) is 0 Å². The molecule has 1 heterocycles. The monoisotopic (exact) mass is 98.1 g/mol. The van der Waals surface area contributed by atoms with Crippen LogP contribution in [0, 0.1) is 12.8 Å². The van der Waals surface area contributed by atoms with Crippen molar-refractivity contribution in [1.82, 2.24) is 5.32 Å². The summed E-state index contributed by atoms with van der Waals surface area (Å²) < 4.78 is 0. The summed E-state index contributed by atoms with van der Waals surface area (Å²) in [6.45, 7) is 6.31. The summed E-state index contributed by atoms with van der Waals surface area (Å²) in [6.07, 6.45) is 2.53. The van der Waals surface area contributed by atoms with Gasteiger partial charge in [-0.05, 0) is 31.8 Å². The van der Waals surface area contributed by atoms with E-state index in [4.69, 9.17) is 0 Å². The average molecular weight is 98.2 g/mol. The summed E-state index contributed by atoms with van der Waals surface area (Å²) in [5, 5.41) is 3.28. The van der Waals surface area contributed by atoms with Gasteiger partial charge in [0.1, 0.15) is 0 Å². The molecule has 0 spiro atoms. The minimum atomic E-state index is 0.723. The maximum Gasteiger partial charge on any atom is -0.00463 e. The zero-order valence-corrected chi connectivity index (χ0v) is 4.61. The molecule has 0 aromatic rings. The molecule has 0 unspecified atom stereocenters. The van der Waals surface area contributed by atoms with Gasteiger partial charge in [-0.1, -0.05) is 6.92 Å². The van der Waals surface area contributed by atoms with E-state index in [1.807, 2.05) is 0 Å². The molecule has 0 amide bonds. The molecule has 0 atom stereocenters. The third kappa shape index (κ3) is 1.48. The minimum absolute atomic E-state index is 0.723. The first-order valence-corrected chi connectivity index (χ1v) is 2.93. The predicted octanol–water partition coefficient (Wildman–Crippen LogP) is 0.820. The fourth-order valence-electron chi connectivity index (χ4n) is 0.882. The Labute approximate surface area is 45.1 Å². The molecule has 1 saturated heterocycles. The molecular weight excluding hydrogens is 86.1 g/mol. The maximum atomic E-state index is 3.96. The molecule has 1 N–H and O–H groups in total. The van der Waals surface area contributed by atoms with Crippen molar-refractivity contribution in [2.75, 3.05) is 13.1 Å². The molecular formula is C6H12N. The van der Waals surface area contributed by atoms with Crippen LogP contribution in [0.4, 0.5) is 0 Å². The molecule has 0 aromatic heterocycles. The standard InChI is InChI=1S/C6H12N/c1-6-2-4-7-5-3-6/h6-7H,1-5H2. The van der Waals surface area contributed by atoms with E-state index in [2.05, 4.69) is 12.2 Å². The number of rotatable bonds is 0. The Hall–Kier alpha value is -0.0400. The summed E-state index contributed by atoms with van der Waals surface area (Å²) in [5.74, 6) is 0.723. The molecule has 1 fully saturated rings. The Balaban J connectivity index is 2.12. The fraction of sp³-hybridized carbons (Fsp3) is 0.833. The van der Waals surface area contributed by atoms with Crippen LogP contribution in [0.5, 0.6) is 0 Å². The Morgan fingerprint density at radius 2 is 1.86 bits per heavy atom. The van der Waals surface area contributed by atoms with Gasteiger partial charge in [0.05, 0.1) is 0 Å². The van der Waals surface area contributed by atoms with Gasteiger partial charge in [-0.3, -0.25) is 0 Å². The number of piperidine rings is 1. The summed E-state index contributed by atoms with van der Waals surface area (Å²) in [4.78, 5) is 0. The van der Waals surface area contributed by atoms with Gasteiger partial charge in [0, 0.05) is 0 Å². The first-order valence-electron chi connectivity index (χ1n) is 2.93. The first kappa shape index (κ1) is 5.10. The summed E-state index contributed by atoms with van der Waals surface area (Å²) in [5.41, 5.74) is 0. The third-order valence-corrected chi connectivity index (χ3v) is 1.46. The molecule has 1 radical (unpaired) electrons. The van der Waals surface area contributed by atoms with Crippen molar-refractivity contribution in [3.8, 4) is 0 Å². The summed E-state index contributed by atoms with van der Waals surface area (Å²) >= 11 is 0. The highest BCUT2D eigenvalue weighted by Crippen LogP contribution is 2.07. The van der Waals surface area contributed by atoms with E-state index in [0.717, 1.165) is 5.92 Å². The van der Waals surface area contributed by atoms with E-state index in [9.17, 15) is 0 Å². The summed E-state index contributed by atoms with van der Waals surface area (Å²) in [6, 6.07) is 0. The predicted molar refractivity (Wildman–Crippen MR) is 31.0 cm³/mol. The van der Waals surface area contributed by atoms with E-state index < -0.39 is 0 Å². The van der Waals surface area contributed by atoms with Crippen molar-refractivity contribution in [2.45, 2.75) is 12.8 Å². The van der Waals surface area contributed by atoms with E-state index >= 15 is 0 Å². The van der Waals surface area contributed by atoms with Crippen LogP contribution in [0.15, 0.2) is 0 Å². The summed E-state index contributed by atoms with van der Waals surface area (Å²) in [7, 11) is 0. The van der Waals surface area contributed by atoms with Gasteiger partial charge < -0.3 is 5.32 Å². The van der Waals surface area contributed by atoms with E-state index in [-0.39, 0.29) is 0 Å². The topological polar surface area (TPSA) is 12.0 Å². The lowest BCUT2D eigenvalue weighted by Gasteiger charge is -2.17. The molecule has 0 aliphatic carbocycles. The lowest BCUT2D eigenvalue weighted by atomic mass is 10.0. The smallest absolute Gasteiger partial charge is 0.00463 e. The largest absolute Gasteiger partial charge is 0.317 e. The van der Waals surface area contributed by atoms with Crippen molar-refractivity contribution in [3.05, 3.63) is 6.92 Å². The van der Waals surface area contributed by atoms with Crippen LogP contribution in [-0.4, -0.2) is 13.1 Å². The van der Waals surface area contributed by atoms with Gasteiger partial charge in [0.15, 0.2) is 0 Å². The van der Waals surface area contributed by atoms with E-state index in [0.29, 0.717) is 0 Å². The molecule has 1 rings (SSSR count). The number of nitrogens with one attached hydrogen (secondary N) is 1. The van der Waals surface area contributed by atoms with Crippen LogP contribution in [0.3, 0.4) is 0 Å². The zero-order valence-electron chi connectivity index (χ0n) is 4.61. The Bertz CT molecular complexity index is 46.1. The second-order valence-electron chi connectivity index (χ2n) is 2.19. The molecule has 0 bridgehead atoms. The van der Waals surface area contributed by atoms with E-state index in [1.165, 1.54) is 25.9 Å². The van der Waals surface area contributed by atoms with Gasteiger partial charge in [0.25, 0.3) is 0 Å². The quantitative estimate of drug-likeness (QED) is 0.473. The van der Waals surface area contributed by atoms with Gasteiger partial charge in [-0.2, -0.15) is 0 Å². The Morgan fingerprint density at radius 3 is 2.14 bits per heavy atom. The van der Waals surface area contributed by atoms with Crippen LogP contribution in [0.1, 0.15) is 12.8 Å². The average Bonchev–Trinajstić information content (AvgIpc) is 1.69. The fourth-order valence-corrected chi connectivity index (χ4v) is 0.882. The number of hydrogen-bond acceptors (Lipinski definition) is 1. The maximum absolute atomic E-state index is 3.96. The van der Waals surface area contributed by atoms with Crippen molar-refractivity contribution in [3.63, 3.8) is 0 Å². The van der Waals surface area contributed by atoms with Crippen LogP contribution >= 0.6 is 0 Å². The van der Waals surface area contributed by atoms with Crippen LogP contribution in [-0.2, 0) is 0 Å². The molecule has 1 aliphatic rings. The highest BCUT2D eigenvalue weighted by molar-refractivity contribution is 4.68. The molecule has 0 saturated carbocycles. The highest BCUT2D eigenvalue weighted by Gasteiger charge is 2.05. The van der Waals surface area contributed by atoms with Crippen molar-refractivity contribution >= 4 is 0 Å². The highest BCUT2D eigenvalue weighted by atomic mass is 14.9. The normalized spacial score (nSPS) is 25.3. The molecule has 0 aromatic carbocycles. The lowest BCUT2D eigenvalue weighted by Crippen LogP contribution is -2.26. The SMILES string of the molecule is [CH2]C1CCNCC1. The van der Waals surface area contributed by atoms with Crippen LogP contribution in [0.25, 0.3) is 0 Å². The van der Waals surface area contributed by atoms with Crippen LogP contribution < -0.4 is 5.32 Å². The molecule has 1 nitrogen and oxygen atoms in total. The van der Waals surface area contributed by atoms with Crippen molar-refractivity contribution in [1.29, 1.82) is 0 Å². The van der Waals surface area contributed by atoms with Crippen molar-refractivity contribution < 1.29 is 0 Å². The second-order valence-corrected chi connectivity index (χ2v) is 2.19. The molecule has 1 aliphatic heterocycles. The first-order chi connectivity index (χ1) is 3.39. The van der Waals surface area contributed by atoms with Gasteiger partial charge >= 0.3 is 0 Å². The van der Waals surface area contributed by atoms with Crippen LogP contribution in [0.2, 0.25) is 0 Å². The van der Waals surface area contributed by atoms with Crippen molar-refractivity contribution in [2.24, 2.45) is 5.92 Å². The Kier molecular flexibility index (Phi) is 1.69. The molecule has 41 valence electrons. The lowest BCUT2D eigenvalue weighted by molar-refractivity contribution is 0.434. The molecule has 7 heavy (non-hydrogen) atoms.